The topological polar surface area (TPSA) is 58.9 Å². The fraction of sp³-hybridized carbons (Fsp3) is 0.500. The Morgan fingerprint density at radius 1 is 1.22 bits per heavy atom. The van der Waals surface area contributed by atoms with E-state index in [0.29, 0.717) is 6.61 Å². The minimum atomic E-state index is -1.76. The Labute approximate surface area is 106 Å². The van der Waals surface area contributed by atoms with E-state index in [1.165, 1.54) is 12.1 Å². The van der Waals surface area contributed by atoms with Crippen LogP contribution in [-0.2, 0) is 4.74 Å². The monoisotopic (exact) mass is 256 g/mol. The minimum absolute atomic E-state index is 0.00533. The molecule has 0 unspecified atom stereocenters. The van der Waals surface area contributed by atoms with Crippen LogP contribution < -0.4 is 10.2 Å². The number of rotatable bonds is 5. The summed E-state index contributed by atoms with van der Waals surface area (Å²) >= 11 is 0. The first-order valence-corrected chi connectivity index (χ1v) is 5.72. The van der Waals surface area contributed by atoms with E-state index in [-0.39, 0.29) is 23.4 Å². The molecule has 0 amide bonds. The molecule has 18 heavy (non-hydrogen) atoms. The lowest BCUT2D eigenvalue weighted by Crippen LogP contribution is -2.32. The van der Waals surface area contributed by atoms with Crippen LogP contribution >= 0.6 is 0 Å². The van der Waals surface area contributed by atoms with E-state index in [1.54, 1.807) is 0 Å². The molecule has 0 saturated carbocycles. The molecule has 2 N–H and O–H groups in total. The van der Waals surface area contributed by atoms with Crippen molar-refractivity contribution in [2.45, 2.75) is 26.4 Å². The van der Waals surface area contributed by atoms with Gasteiger partial charge in [-0.2, -0.15) is 0 Å². The van der Waals surface area contributed by atoms with Gasteiger partial charge in [-0.25, -0.2) is 4.39 Å². The van der Waals surface area contributed by atoms with Crippen molar-refractivity contribution < 1.29 is 23.9 Å². The lowest BCUT2D eigenvalue weighted by atomic mass is 9.79. The van der Waals surface area contributed by atoms with Gasteiger partial charge in [0.2, 0.25) is 0 Å². The van der Waals surface area contributed by atoms with Crippen molar-refractivity contribution in [1.82, 2.24) is 0 Å². The number of hydrogen-bond acceptors (Lipinski definition) is 4. The second kappa shape index (κ2) is 6.18. The zero-order valence-corrected chi connectivity index (χ0v) is 10.8. The second-order valence-corrected chi connectivity index (χ2v) is 4.87. The van der Waals surface area contributed by atoms with Gasteiger partial charge in [0.1, 0.15) is 18.2 Å². The maximum Gasteiger partial charge on any atom is 0.492 e. The van der Waals surface area contributed by atoms with Gasteiger partial charge in [-0.3, -0.25) is 0 Å². The predicted octanol–water partition coefficient (Wildman–Crippen LogP) is 0.699. The molecule has 0 radical (unpaired) electrons. The first-order valence-electron chi connectivity index (χ1n) is 5.72. The van der Waals surface area contributed by atoms with E-state index in [4.69, 9.17) is 19.5 Å². The van der Waals surface area contributed by atoms with Crippen LogP contribution in [0, 0.1) is 5.82 Å². The van der Waals surface area contributed by atoms with Gasteiger partial charge in [0.15, 0.2) is 0 Å². The van der Waals surface area contributed by atoms with Gasteiger partial charge in [-0.05, 0) is 39.0 Å². The Bertz CT molecular complexity index is 390. The number of halogens is 1. The van der Waals surface area contributed by atoms with Gasteiger partial charge >= 0.3 is 7.12 Å². The number of ether oxygens (including phenoxy) is 2. The molecule has 0 atom stereocenters. The van der Waals surface area contributed by atoms with Gasteiger partial charge in [0.05, 0.1) is 12.2 Å². The Kier molecular flexibility index (Phi) is 5.13. The van der Waals surface area contributed by atoms with Crippen LogP contribution in [0.1, 0.15) is 20.8 Å². The summed E-state index contributed by atoms with van der Waals surface area (Å²) in [4.78, 5) is 0. The molecule has 1 aromatic rings. The molecular weight excluding hydrogens is 238 g/mol. The summed E-state index contributed by atoms with van der Waals surface area (Å²) in [5.74, 6) is -0.305. The molecule has 4 nitrogen and oxygen atoms in total. The summed E-state index contributed by atoms with van der Waals surface area (Å²) in [6.45, 7) is 6.39. The standard InChI is InChI=1S/C12H18BFO4/c1-12(2,3)18-7-6-17-11-5-4-9(14)8-10(11)13(15)16/h4-5,8,15-16H,6-7H2,1-3H3. The first kappa shape index (κ1) is 15.0. The van der Waals surface area contributed by atoms with Gasteiger partial charge in [0.25, 0.3) is 0 Å². The summed E-state index contributed by atoms with van der Waals surface area (Å²) in [7, 11) is -1.76. The minimum Gasteiger partial charge on any atom is -0.492 e. The lowest BCUT2D eigenvalue weighted by Gasteiger charge is -2.20. The average Bonchev–Trinajstić information content (AvgIpc) is 2.24. The molecule has 0 spiro atoms. The van der Waals surface area contributed by atoms with Crippen LogP contribution in [0.2, 0.25) is 0 Å². The summed E-state index contributed by atoms with van der Waals surface area (Å²) < 4.78 is 23.7. The van der Waals surface area contributed by atoms with Crippen molar-refractivity contribution >= 4 is 12.6 Å². The maximum absolute atomic E-state index is 12.9. The molecule has 0 aliphatic carbocycles. The highest BCUT2D eigenvalue weighted by Crippen LogP contribution is 2.11. The summed E-state index contributed by atoms with van der Waals surface area (Å²) in [6.07, 6.45) is 0. The summed E-state index contributed by atoms with van der Waals surface area (Å²) in [5.41, 5.74) is -0.253. The maximum atomic E-state index is 12.9. The van der Waals surface area contributed by atoms with Gasteiger partial charge in [-0.15, -0.1) is 0 Å². The molecule has 0 heterocycles. The third-order valence-electron chi connectivity index (χ3n) is 2.13. The molecule has 0 aliphatic rings. The van der Waals surface area contributed by atoms with Gasteiger partial charge < -0.3 is 19.5 Å². The average molecular weight is 256 g/mol. The highest BCUT2D eigenvalue weighted by molar-refractivity contribution is 6.59. The number of hydrogen-bond donors (Lipinski definition) is 2. The van der Waals surface area contributed by atoms with Crippen LogP contribution in [0.4, 0.5) is 4.39 Å². The Balaban J connectivity index is 2.57. The van der Waals surface area contributed by atoms with E-state index in [1.807, 2.05) is 20.8 Å². The molecule has 0 fully saturated rings. The highest BCUT2D eigenvalue weighted by atomic mass is 19.1. The first-order chi connectivity index (χ1) is 8.29. The van der Waals surface area contributed by atoms with Crippen LogP contribution in [0.15, 0.2) is 18.2 Å². The van der Waals surface area contributed by atoms with Crippen molar-refractivity contribution in [3.8, 4) is 5.75 Å². The van der Waals surface area contributed by atoms with Crippen molar-refractivity contribution in [2.75, 3.05) is 13.2 Å². The van der Waals surface area contributed by atoms with Crippen LogP contribution in [0.5, 0.6) is 5.75 Å². The molecule has 0 aliphatic heterocycles. The molecule has 0 bridgehead atoms. The van der Waals surface area contributed by atoms with E-state index in [2.05, 4.69) is 0 Å². The van der Waals surface area contributed by atoms with E-state index in [9.17, 15) is 4.39 Å². The summed E-state index contributed by atoms with van der Waals surface area (Å²) in [6, 6.07) is 3.59. The second-order valence-electron chi connectivity index (χ2n) is 4.87. The molecule has 0 saturated heterocycles. The molecule has 100 valence electrons. The van der Waals surface area contributed by atoms with Crippen LogP contribution in [-0.4, -0.2) is 36.0 Å². The zero-order chi connectivity index (χ0) is 13.8. The highest BCUT2D eigenvalue weighted by Gasteiger charge is 2.18. The quantitative estimate of drug-likeness (QED) is 0.601. The van der Waals surface area contributed by atoms with Gasteiger partial charge in [0, 0.05) is 5.46 Å². The largest absolute Gasteiger partial charge is 0.492 e. The molecule has 1 rings (SSSR count). The van der Waals surface area contributed by atoms with Crippen molar-refractivity contribution in [1.29, 1.82) is 0 Å². The molecular formula is C12H18BFO4. The smallest absolute Gasteiger partial charge is 0.492 e. The van der Waals surface area contributed by atoms with E-state index in [0.717, 1.165) is 6.07 Å². The zero-order valence-electron chi connectivity index (χ0n) is 10.8. The normalized spacial score (nSPS) is 11.4. The van der Waals surface area contributed by atoms with Crippen molar-refractivity contribution in [3.63, 3.8) is 0 Å². The fourth-order valence-electron chi connectivity index (χ4n) is 1.35. The van der Waals surface area contributed by atoms with E-state index >= 15 is 0 Å². The molecule has 0 aromatic heterocycles. The molecule has 6 heteroatoms. The third kappa shape index (κ3) is 5.04. The van der Waals surface area contributed by atoms with Crippen molar-refractivity contribution in [3.05, 3.63) is 24.0 Å². The summed E-state index contributed by atoms with van der Waals surface area (Å²) in [5, 5.41) is 18.2. The Morgan fingerprint density at radius 2 is 1.89 bits per heavy atom. The van der Waals surface area contributed by atoms with Crippen molar-refractivity contribution in [2.24, 2.45) is 0 Å². The van der Waals surface area contributed by atoms with Crippen LogP contribution in [0.3, 0.4) is 0 Å². The fourth-order valence-corrected chi connectivity index (χ4v) is 1.35. The number of benzene rings is 1. The SMILES string of the molecule is CC(C)(C)OCCOc1ccc(F)cc1B(O)O. The van der Waals surface area contributed by atoms with Gasteiger partial charge in [-0.1, -0.05) is 0 Å². The Hall–Kier alpha value is -1.11. The van der Waals surface area contributed by atoms with Crippen LogP contribution in [0.25, 0.3) is 0 Å². The Morgan fingerprint density at radius 3 is 2.44 bits per heavy atom. The van der Waals surface area contributed by atoms with E-state index < -0.39 is 12.9 Å². The lowest BCUT2D eigenvalue weighted by molar-refractivity contribution is -0.0162. The molecule has 1 aromatic carbocycles. The predicted molar refractivity (Wildman–Crippen MR) is 67.4 cm³/mol. The third-order valence-corrected chi connectivity index (χ3v) is 2.13.